The van der Waals surface area contributed by atoms with E-state index in [4.69, 9.17) is 10.5 Å². The molecule has 3 N–H and O–H groups in total. The summed E-state index contributed by atoms with van der Waals surface area (Å²) in [4.78, 5) is 0. The van der Waals surface area contributed by atoms with E-state index in [1.807, 2.05) is 0 Å². The number of fused-ring (bicyclic) bond motifs is 1. The number of rotatable bonds is 2. The summed E-state index contributed by atoms with van der Waals surface area (Å²) in [6.07, 6.45) is -5.26. The van der Waals surface area contributed by atoms with Gasteiger partial charge in [-0.15, -0.1) is 0 Å². The maximum atomic E-state index is 13.9. The van der Waals surface area contributed by atoms with E-state index in [2.05, 4.69) is 5.32 Å². The van der Waals surface area contributed by atoms with Crippen molar-refractivity contribution in [2.24, 2.45) is 5.73 Å². The molecule has 1 atom stereocenters. The Morgan fingerprint density at radius 3 is 2.50 bits per heavy atom. The molecule has 1 heterocycles. The van der Waals surface area contributed by atoms with Gasteiger partial charge in [0.05, 0.1) is 17.8 Å². The third kappa shape index (κ3) is 3.01. The van der Waals surface area contributed by atoms with Crippen molar-refractivity contribution in [3.8, 4) is 16.9 Å². The van der Waals surface area contributed by atoms with E-state index in [0.717, 1.165) is 24.3 Å². The number of hydrogen-bond donors (Lipinski definition) is 2. The highest BCUT2D eigenvalue weighted by molar-refractivity contribution is 5.81. The first-order valence-electron chi connectivity index (χ1n) is 7.11. The van der Waals surface area contributed by atoms with Crippen molar-refractivity contribution in [1.82, 2.24) is 0 Å². The Morgan fingerprint density at radius 1 is 1.08 bits per heavy atom. The molecule has 0 saturated carbocycles. The molecule has 24 heavy (non-hydrogen) atoms. The van der Waals surface area contributed by atoms with Gasteiger partial charge in [-0.25, -0.2) is 8.78 Å². The van der Waals surface area contributed by atoms with Gasteiger partial charge in [-0.05, 0) is 23.8 Å². The lowest BCUT2D eigenvalue weighted by Gasteiger charge is -2.29. The van der Waals surface area contributed by atoms with E-state index in [1.165, 1.54) is 0 Å². The lowest BCUT2D eigenvalue weighted by Crippen LogP contribution is -2.37. The summed E-state index contributed by atoms with van der Waals surface area (Å²) in [6, 6.07) is 4.29. The zero-order valence-electron chi connectivity index (χ0n) is 12.3. The predicted molar refractivity (Wildman–Crippen MR) is 78.8 cm³/mol. The van der Waals surface area contributed by atoms with E-state index in [9.17, 15) is 22.0 Å². The smallest absolute Gasteiger partial charge is 0.417 e. The molecule has 3 rings (SSSR count). The van der Waals surface area contributed by atoms with Crippen molar-refractivity contribution < 1.29 is 26.7 Å². The molecule has 2 aromatic rings. The zero-order chi connectivity index (χ0) is 17.5. The Balaban J connectivity index is 2.23. The lowest BCUT2D eigenvalue weighted by atomic mass is 9.96. The molecule has 0 aliphatic carbocycles. The van der Waals surface area contributed by atoms with E-state index >= 15 is 0 Å². The number of nitrogens with two attached hydrogens (primary N) is 1. The number of halogens is 5. The number of nitrogens with one attached hydrogen (secondary N) is 1. The van der Waals surface area contributed by atoms with E-state index < -0.39 is 29.5 Å². The highest BCUT2D eigenvalue weighted by Crippen LogP contribution is 2.45. The average molecular weight is 344 g/mol. The molecular weight excluding hydrogens is 331 g/mol. The van der Waals surface area contributed by atoms with E-state index in [1.54, 1.807) is 0 Å². The van der Waals surface area contributed by atoms with Gasteiger partial charge in [0.1, 0.15) is 17.7 Å². The summed E-state index contributed by atoms with van der Waals surface area (Å²) in [5, 5.41) is 2.88. The first-order chi connectivity index (χ1) is 11.3. The monoisotopic (exact) mass is 344 g/mol. The van der Waals surface area contributed by atoms with E-state index in [-0.39, 0.29) is 29.1 Å². The molecule has 3 nitrogen and oxygen atoms in total. The van der Waals surface area contributed by atoms with Crippen LogP contribution < -0.4 is 15.8 Å². The topological polar surface area (TPSA) is 47.3 Å². The Bertz CT molecular complexity index is 776. The van der Waals surface area contributed by atoms with Crippen molar-refractivity contribution in [3.63, 3.8) is 0 Å². The molecule has 0 aromatic heterocycles. The molecule has 1 aliphatic rings. The fourth-order valence-electron chi connectivity index (χ4n) is 2.60. The number of hydrogen-bond acceptors (Lipinski definition) is 3. The van der Waals surface area contributed by atoms with E-state index in [0.29, 0.717) is 12.6 Å². The summed E-state index contributed by atoms with van der Waals surface area (Å²) in [7, 11) is 0. The van der Waals surface area contributed by atoms with Crippen LogP contribution in [0.15, 0.2) is 30.3 Å². The van der Waals surface area contributed by atoms with Gasteiger partial charge >= 0.3 is 6.18 Å². The third-order valence-electron chi connectivity index (χ3n) is 3.70. The molecule has 0 saturated heterocycles. The van der Waals surface area contributed by atoms with Crippen molar-refractivity contribution in [1.29, 1.82) is 0 Å². The zero-order valence-corrected chi connectivity index (χ0v) is 12.3. The Labute approximate surface area is 134 Å². The molecule has 2 aromatic carbocycles. The fraction of sp³-hybridized carbons (Fsp3) is 0.250. The van der Waals surface area contributed by atoms with Crippen molar-refractivity contribution in [2.45, 2.75) is 12.3 Å². The van der Waals surface area contributed by atoms with Gasteiger partial charge in [0, 0.05) is 18.2 Å². The van der Waals surface area contributed by atoms with Gasteiger partial charge in [-0.3, -0.25) is 0 Å². The first kappa shape index (κ1) is 16.5. The van der Waals surface area contributed by atoms with Crippen LogP contribution in [0.2, 0.25) is 0 Å². The van der Waals surface area contributed by atoms with Crippen LogP contribution in [-0.4, -0.2) is 19.2 Å². The molecular formula is C16H13F5N2O. The summed E-state index contributed by atoms with van der Waals surface area (Å²) >= 11 is 0. The second kappa shape index (κ2) is 5.94. The van der Waals surface area contributed by atoms with Crippen LogP contribution in [0.3, 0.4) is 0 Å². The fourth-order valence-corrected chi connectivity index (χ4v) is 2.60. The van der Waals surface area contributed by atoms with Gasteiger partial charge < -0.3 is 15.8 Å². The average Bonchev–Trinajstić information content (AvgIpc) is 2.53. The molecule has 0 radical (unpaired) electrons. The summed E-state index contributed by atoms with van der Waals surface area (Å²) in [5.74, 6) is -1.70. The molecule has 1 aliphatic heterocycles. The van der Waals surface area contributed by atoms with Crippen LogP contribution in [0.4, 0.5) is 27.6 Å². The minimum atomic E-state index is -4.80. The van der Waals surface area contributed by atoms with Crippen molar-refractivity contribution in [3.05, 3.63) is 47.5 Å². The van der Waals surface area contributed by atoms with Crippen molar-refractivity contribution >= 4 is 5.69 Å². The number of ether oxygens (including phenoxy) is 1. The van der Waals surface area contributed by atoms with Gasteiger partial charge in [-0.2, -0.15) is 13.2 Å². The molecule has 0 amide bonds. The predicted octanol–water partition coefficient (Wildman–Crippen LogP) is 3.78. The van der Waals surface area contributed by atoms with Gasteiger partial charge in [0.15, 0.2) is 5.75 Å². The molecule has 0 spiro atoms. The normalized spacial score (nSPS) is 17.0. The van der Waals surface area contributed by atoms with Gasteiger partial charge in [-0.1, -0.05) is 6.07 Å². The van der Waals surface area contributed by atoms with Crippen LogP contribution in [0, 0.1) is 11.6 Å². The summed E-state index contributed by atoms with van der Waals surface area (Å²) in [5.41, 5.74) is 4.09. The SMILES string of the molecule is NCC1CNc2cc(F)cc(-c3ccc(F)cc3C(F)(F)F)c2O1. The quantitative estimate of drug-likeness (QED) is 0.815. The number of alkyl halides is 3. The van der Waals surface area contributed by atoms with Crippen LogP contribution in [0.25, 0.3) is 11.1 Å². The lowest BCUT2D eigenvalue weighted by molar-refractivity contribution is -0.137. The minimum Gasteiger partial charge on any atom is -0.484 e. The largest absolute Gasteiger partial charge is 0.484 e. The highest BCUT2D eigenvalue weighted by Gasteiger charge is 2.35. The van der Waals surface area contributed by atoms with Crippen LogP contribution >= 0.6 is 0 Å². The molecule has 0 bridgehead atoms. The standard InChI is InChI=1S/C16H13F5N2O/c17-8-1-2-11(13(4-8)16(19,20)21)12-3-9(18)5-14-15(12)24-10(6-22)7-23-14/h1-5,10,23H,6-7,22H2. The molecule has 8 heteroatoms. The molecule has 1 unspecified atom stereocenters. The molecule has 0 fully saturated rings. The second-order valence-corrected chi connectivity index (χ2v) is 5.37. The Morgan fingerprint density at radius 2 is 1.83 bits per heavy atom. The van der Waals surface area contributed by atoms with Crippen molar-refractivity contribution in [2.75, 3.05) is 18.4 Å². The van der Waals surface area contributed by atoms with Crippen LogP contribution in [-0.2, 0) is 6.18 Å². The Hall–Kier alpha value is -2.35. The Kier molecular flexibility index (Phi) is 4.08. The first-order valence-corrected chi connectivity index (χ1v) is 7.11. The van der Waals surface area contributed by atoms with Crippen LogP contribution in [0.5, 0.6) is 5.75 Å². The summed E-state index contributed by atoms with van der Waals surface area (Å²) in [6.45, 7) is 0.445. The van der Waals surface area contributed by atoms with Gasteiger partial charge in [0.2, 0.25) is 0 Å². The minimum absolute atomic E-state index is 0.0650. The molecule has 128 valence electrons. The maximum Gasteiger partial charge on any atom is 0.417 e. The maximum absolute atomic E-state index is 13.9. The van der Waals surface area contributed by atoms with Crippen LogP contribution in [0.1, 0.15) is 5.56 Å². The highest BCUT2D eigenvalue weighted by atomic mass is 19.4. The second-order valence-electron chi connectivity index (χ2n) is 5.37. The third-order valence-corrected chi connectivity index (χ3v) is 3.70. The summed E-state index contributed by atoms with van der Waals surface area (Å²) < 4.78 is 72.5. The van der Waals surface area contributed by atoms with Gasteiger partial charge in [0.25, 0.3) is 0 Å². The number of anilines is 1. The number of benzene rings is 2.